The monoisotopic (exact) mass is 288 g/mol. The Hall–Kier alpha value is -1.06. The third-order valence-corrected chi connectivity index (χ3v) is 4.74. The molecule has 3 heteroatoms. The Morgan fingerprint density at radius 1 is 1.00 bits per heavy atom. The molecule has 3 rings (SSSR count). The van der Waals surface area contributed by atoms with Crippen molar-refractivity contribution in [2.45, 2.75) is 51.1 Å². The van der Waals surface area contributed by atoms with Crippen LogP contribution in [0.2, 0.25) is 0 Å². The highest BCUT2D eigenvalue weighted by Crippen LogP contribution is 2.28. The Labute approximate surface area is 128 Å². The number of hydrogen-bond acceptors (Lipinski definition) is 3. The molecule has 3 nitrogen and oxygen atoms in total. The number of aliphatic hydroxyl groups is 1. The molecule has 1 aromatic carbocycles. The summed E-state index contributed by atoms with van der Waals surface area (Å²) in [7, 11) is 0. The smallest absolute Gasteiger partial charge is 0.0558 e. The minimum Gasteiger partial charge on any atom is -0.395 e. The first-order valence-electron chi connectivity index (χ1n) is 8.55. The van der Waals surface area contributed by atoms with Gasteiger partial charge in [-0.1, -0.05) is 25.0 Å². The predicted molar refractivity (Wildman–Crippen MR) is 87.6 cm³/mol. The van der Waals surface area contributed by atoms with Crippen molar-refractivity contribution in [1.29, 1.82) is 0 Å². The Kier molecular flexibility index (Phi) is 5.15. The van der Waals surface area contributed by atoms with Crippen molar-refractivity contribution < 1.29 is 5.11 Å². The number of hydrogen-bond donors (Lipinski definition) is 1. The Balaban J connectivity index is 1.60. The molecule has 1 saturated carbocycles. The average molecular weight is 288 g/mol. The lowest BCUT2D eigenvalue weighted by Gasteiger charge is -2.24. The first kappa shape index (κ1) is 14.9. The molecule has 1 heterocycles. The summed E-state index contributed by atoms with van der Waals surface area (Å²) in [6, 6.07) is 9.82. The van der Waals surface area contributed by atoms with Crippen molar-refractivity contribution in [3.63, 3.8) is 0 Å². The van der Waals surface area contributed by atoms with Gasteiger partial charge in [0.25, 0.3) is 0 Å². The lowest BCUT2D eigenvalue weighted by molar-refractivity contribution is 0.183. The maximum Gasteiger partial charge on any atom is 0.0558 e. The minimum absolute atomic E-state index is 0.266. The van der Waals surface area contributed by atoms with Gasteiger partial charge in [0, 0.05) is 37.9 Å². The second-order valence-corrected chi connectivity index (χ2v) is 6.49. The van der Waals surface area contributed by atoms with Crippen LogP contribution in [0.1, 0.15) is 44.1 Å². The molecule has 116 valence electrons. The fourth-order valence-corrected chi connectivity index (χ4v) is 3.33. The molecule has 0 radical (unpaired) electrons. The summed E-state index contributed by atoms with van der Waals surface area (Å²) in [5.41, 5.74) is 2.75. The molecule has 1 saturated heterocycles. The molecule has 1 aliphatic heterocycles. The Bertz CT molecular complexity index is 419. The first-order valence-corrected chi connectivity index (χ1v) is 8.55. The van der Waals surface area contributed by atoms with Gasteiger partial charge in [-0.05, 0) is 43.4 Å². The number of aliphatic hydroxyl groups excluding tert-OH is 1. The lowest BCUT2D eigenvalue weighted by Crippen LogP contribution is -2.28. The van der Waals surface area contributed by atoms with Crippen molar-refractivity contribution >= 4 is 5.69 Å². The van der Waals surface area contributed by atoms with E-state index in [1.807, 2.05) is 0 Å². The van der Waals surface area contributed by atoms with E-state index in [9.17, 15) is 5.11 Å². The molecule has 21 heavy (non-hydrogen) atoms. The van der Waals surface area contributed by atoms with Crippen LogP contribution in [0.3, 0.4) is 0 Å². The third-order valence-electron chi connectivity index (χ3n) is 4.74. The van der Waals surface area contributed by atoms with E-state index in [4.69, 9.17) is 0 Å². The second kappa shape index (κ2) is 7.28. The van der Waals surface area contributed by atoms with Crippen LogP contribution in [0.5, 0.6) is 0 Å². The van der Waals surface area contributed by atoms with Gasteiger partial charge in [-0.3, -0.25) is 4.90 Å². The predicted octanol–water partition coefficient (Wildman–Crippen LogP) is 3.02. The van der Waals surface area contributed by atoms with E-state index in [-0.39, 0.29) is 6.61 Å². The number of rotatable bonds is 6. The molecule has 1 N–H and O–H groups in total. The molecule has 0 spiro atoms. The fraction of sp³-hybridized carbons (Fsp3) is 0.667. The maximum absolute atomic E-state index is 9.18. The average Bonchev–Trinajstić information content (AvgIpc) is 3.35. The van der Waals surface area contributed by atoms with Crippen LogP contribution < -0.4 is 4.90 Å². The highest BCUT2D eigenvalue weighted by Gasteiger charge is 2.28. The molecule has 0 aromatic heterocycles. The number of anilines is 1. The van der Waals surface area contributed by atoms with Gasteiger partial charge in [0.05, 0.1) is 6.61 Å². The molecule has 2 aliphatic rings. The van der Waals surface area contributed by atoms with Crippen molar-refractivity contribution in [3.05, 3.63) is 29.8 Å². The number of benzene rings is 1. The minimum atomic E-state index is 0.266. The standard InChI is InChI=1S/C18H28N2O/c21-14-13-20(18-9-10-18)15-16-5-7-17(8-6-16)19-11-3-1-2-4-12-19/h5-8,18,21H,1-4,9-15H2. The van der Waals surface area contributed by atoms with Crippen molar-refractivity contribution in [2.75, 3.05) is 31.1 Å². The molecular weight excluding hydrogens is 260 g/mol. The summed E-state index contributed by atoms with van der Waals surface area (Å²) >= 11 is 0. The lowest BCUT2D eigenvalue weighted by atomic mass is 10.1. The molecule has 2 fully saturated rings. The Morgan fingerprint density at radius 2 is 1.67 bits per heavy atom. The van der Waals surface area contributed by atoms with E-state index in [0.29, 0.717) is 6.04 Å². The van der Waals surface area contributed by atoms with E-state index < -0.39 is 0 Å². The zero-order chi connectivity index (χ0) is 14.5. The third kappa shape index (κ3) is 4.21. The van der Waals surface area contributed by atoms with E-state index in [1.165, 1.54) is 62.9 Å². The van der Waals surface area contributed by atoms with Crippen molar-refractivity contribution in [1.82, 2.24) is 4.90 Å². The summed E-state index contributed by atoms with van der Waals surface area (Å²) in [5, 5.41) is 9.18. The van der Waals surface area contributed by atoms with Crippen LogP contribution in [0.25, 0.3) is 0 Å². The van der Waals surface area contributed by atoms with E-state index in [1.54, 1.807) is 0 Å². The molecule has 1 aromatic rings. The Morgan fingerprint density at radius 3 is 2.24 bits per heavy atom. The van der Waals surface area contributed by atoms with Gasteiger partial charge in [-0.25, -0.2) is 0 Å². The van der Waals surface area contributed by atoms with Gasteiger partial charge in [-0.15, -0.1) is 0 Å². The van der Waals surface area contributed by atoms with Crippen LogP contribution in [-0.4, -0.2) is 42.3 Å². The topological polar surface area (TPSA) is 26.7 Å². The molecule has 0 bridgehead atoms. The van der Waals surface area contributed by atoms with Crippen LogP contribution in [-0.2, 0) is 6.54 Å². The zero-order valence-electron chi connectivity index (χ0n) is 13.0. The normalized spacial score (nSPS) is 19.8. The molecular formula is C18H28N2O. The summed E-state index contributed by atoms with van der Waals surface area (Å²) in [5.74, 6) is 0. The summed E-state index contributed by atoms with van der Waals surface area (Å²) in [4.78, 5) is 4.95. The fourth-order valence-electron chi connectivity index (χ4n) is 3.33. The SMILES string of the molecule is OCCN(Cc1ccc(N2CCCCCC2)cc1)C1CC1. The van der Waals surface area contributed by atoms with Gasteiger partial charge >= 0.3 is 0 Å². The van der Waals surface area contributed by atoms with Crippen LogP contribution >= 0.6 is 0 Å². The van der Waals surface area contributed by atoms with Gasteiger partial charge < -0.3 is 10.0 Å². The second-order valence-electron chi connectivity index (χ2n) is 6.49. The number of nitrogens with zero attached hydrogens (tertiary/aromatic N) is 2. The van der Waals surface area contributed by atoms with Crippen LogP contribution in [0, 0.1) is 0 Å². The quantitative estimate of drug-likeness (QED) is 0.871. The van der Waals surface area contributed by atoms with Crippen LogP contribution in [0.15, 0.2) is 24.3 Å². The van der Waals surface area contributed by atoms with Crippen molar-refractivity contribution in [3.8, 4) is 0 Å². The van der Waals surface area contributed by atoms with E-state index in [2.05, 4.69) is 34.1 Å². The van der Waals surface area contributed by atoms with E-state index >= 15 is 0 Å². The van der Waals surface area contributed by atoms with Gasteiger partial charge in [0.1, 0.15) is 0 Å². The van der Waals surface area contributed by atoms with Crippen LogP contribution in [0.4, 0.5) is 5.69 Å². The molecule has 0 atom stereocenters. The van der Waals surface area contributed by atoms with Gasteiger partial charge in [-0.2, -0.15) is 0 Å². The largest absolute Gasteiger partial charge is 0.395 e. The van der Waals surface area contributed by atoms with Crippen molar-refractivity contribution in [2.24, 2.45) is 0 Å². The highest BCUT2D eigenvalue weighted by molar-refractivity contribution is 5.47. The summed E-state index contributed by atoms with van der Waals surface area (Å²) in [6.07, 6.45) is 8.01. The zero-order valence-corrected chi connectivity index (χ0v) is 13.0. The first-order chi connectivity index (χ1) is 10.4. The maximum atomic E-state index is 9.18. The van der Waals surface area contributed by atoms with Gasteiger partial charge in [0.15, 0.2) is 0 Å². The summed E-state index contributed by atoms with van der Waals surface area (Å²) in [6.45, 7) is 4.46. The van der Waals surface area contributed by atoms with E-state index in [0.717, 1.165) is 13.1 Å². The highest BCUT2D eigenvalue weighted by atomic mass is 16.3. The molecule has 0 unspecified atom stereocenters. The van der Waals surface area contributed by atoms with Gasteiger partial charge in [0.2, 0.25) is 0 Å². The summed E-state index contributed by atoms with van der Waals surface area (Å²) < 4.78 is 0. The molecule has 0 amide bonds. The molecule has 1 aliphatic carbocycles.